The number of nitrogens with zero attached hydrogens (tertiary/aromatic N) is 6. The molecular weight excluding hydrogens is 542 g/mol. The van der Waals surface area contributed by atoms with Gasteiger partial charge in [0.15, 0.2) is 0 Å². The van der Waals surface area contributed by atoms with Gasteiger partial charge in [-0.15, -0.1) is 0 Å². The van der Waals surface area contributed by atoms with Crippen LogP contribution in [0.3, 0.4) is 0 Å². The van der Waals surface area contributed by atoms with Crippen molar-refractivity contribution in [3.8, 4) is 11.8 Å². The summed E-state index contributed by atoms with van der Waals surface area (Å²) in [6.45, 7) is 3.00. The molecular formula is C29H37N7O6. The zero-order chi connectivity index (χ0) is 29.9. The lowest BCUT2D eigenvalue weighted by Crippen LogP contribution is -2.48. The maximum atomic E-state index is 13.6. The molecule has 0 radical (unpaired) electrons. The number of hydrogen-bond donors (Lipinski definition) is 1. The van der Waals surface area contributed by atoms with Gasteiger partial charge in [0.25, 0.3) is 0 Å². The molecule has 2 aromatic heterocycles. The molecule has 2 fully saturated rings. The van der Waals surface area contributed by atoms with Crippen LogP contribution in [0.5, 0.6) is 5.75 Å². The van der Waals surface area contributed by atoms with E-state index in [2.05, 4.69) is 16.4 Å². The zero-order valence-electron chi connectivity index (χ0n) is 24.5. The van der Waals surface area contributed by atoms with Gasteiger partial charge < -0.3 is 23.8 Å². The molecule has 5 rings (SSSR count). The number of carbonyl (C=O) groups is 2. The molecule has 13 nitrogen and oxygen atoms in total. The average molecular weight is 580 g/mol. The molecule has 4 heterocycles. The van der Waals surface area contributed by atoms with Crippen molar-refractivity contribution in [3.05, 3.63) is 40.7 Å². The van der Waals surface area contributed by atoms with Crippen LogP contribution in [0.15, 0.2) is 18.3 Å². The van der Waals surface area contributed by atoms with Crippen LogP contribution in [0, 0.1) is 11.3 Å². The van der Waals surface area contributed by atoms with Gasteiger partial charge in [-0.05, 0) is 49.9 Å². The number of carbonyl (C=O) groups excluding carboxylic acids is 2. The number of pyridine rings is 2. The lowest BCUT2D eigenvalue weighted by molar-refractivity contribution is -0.136. The molecule has 1 aliphatic carbocycles. The molecule has 3 aliphatic rings. The summed E-state index contributed by atoms with van der Waals surface area (Å²) in [6.07, 6.45) is 3.73. The minimum absolute atomic E-state index is 0.0490. The first-order valence-electron chi connectivity index (χ1n) is 14.0. The summed E-state index contributed by atoms with van der Waals surface area (Å²) in [5.41, 5.74) is 2.06. The number of piperazine rings is 1. The molecule has 3 amide bonds. The Bertz CT molecular complexity index is 1370. The first kappa shape index (κ1) is 29.7. The Labute approximate surface area is 245 Å². The molecule has 0 spiro atoms. The number of urea groups is 1. The van der Waals surface area contributed by atoms with Crippen LogP contribution in [-0.2, 0) is 32.0 Å². The molecule has 0 unspecified atom stereocenters. The average Bonchev–Trinajstić information content (AvgIpc) is 3.74. The molecule has 2 aromatic rings. The van der Waals surface area contributed by atoms with Crippen molar-refractivity contribution in [1.82, 2.24) is 19.8 Å². The van der Waals surface area contributed by atoms with Crippen LogP contribution in [0.2, 0.25) is 0 Å². The Morgan fingerprint density at radius 2 is 1.98 bits per heavy atom. The largest absolute Gasteiger partial charge is 0.483 e. The fraction of sp³-hybridized carbons (Fsp3) is 0.552. The van der Waals surface area contributed by atoms with Gasteiger partial charge in [0, 0.05) is 53.6 Å². The van der Waals surface area contributed by atoms with Gasteiger partial charge in [-0.25, -0.2) is 14.8 Å². The van der Waals surface area contributed by atoms with E-state index < -0.39 is 17.9 Å². The fourth-order valence-electron chi connectivity index (χ4n) is 5.37. The standard InChI is InChI=1S/C29H37N7O6/c1-34-10-11-35(24(37)17-34)16-20-12-19-6-5-9-36(26(19)33-25(20)27(40-3)41-4)28(38)32-23-13-22(21(14-30)15-31-23)42-29(7-8-29)18-39-2/h12-13,15,27H,5-11,16-18H2,1-4H3,(H,31,32,38). The topological polar surface area (TPSA) is 142 Å². The van der Waals surface area contributed by atoms with Crippen molar-refractivity contribution in [3.63, 3.8) is 0 Å². The molecule has 224 valence electrons. The number of rotatable bonds is 10. The minimum Gasteiger partial charge on any atom is -0.483 e. The zero-order valence-corrected chi connectivity index (χ0v) is 24.5. The Morgan fingerprint density at radius 3 is 2.64 bits per heavy atom. The third kappa shape index (κ3) is 6.32. The fourth-order valence-corrected chi connectivity index (χ4v) is 5.37. The molecule has 1 saturated heterocycles. The van der Waals surface area contributed by atoms with Gasteiger partial charge in [0.05, 0.1) is 19.3 Å². The van der Waals surface area contributed by atoms with Gasteiger partial charge in [0.1, 0.15) is 40.3 Å². The van der Waals surface area contributed by atoms with E-state index in [-0.39, 0.29) is 17.3 Å². The quantitative estimate of drug-likeness (QED) is 0.417. The summed E-state index contributed by atoms with van der Waals surface area (Å²) >= 11 is 0. The SMILES string of the molecule is COCC1(Oc2cc(NC(=O)N3CCCc4cc(CN5CCN(C)CC5=O)c(C(OC)OC)nc43)ncc2C#N)CC1. The Kier molecular flexibility index (Phi) is 8.88. The van der Waals surface area contributed by atoms with Crippen molar-refractivity contribution in [2.24, 2.45) is 0 Å². The summed E-state index contributed by atoms with van der Waals surface area (Å²) in [7, 11) is 6.59. The highest BCUT2D eigenvalue weighted by atomic mass is 16.7. The Morgan fingerprint density at radius 1 is 1.19 bits per heavy atom. The van der Waals surface area contributed by atoms with Gasteiger partial charge in [0.2, 0.25) is 12.2 Å². The second-order valence-electron chi connectivity index (χ2n) is 11.0. The van der Waals surface area contributed by atoms with Crippen LogP contribution in [-0.4, -0.2) is 98.5 Å². The minimum atomic E-state index is -0.776. The highest BCUT2D eigenvalue weighted by Gasteiger charge is 2.46. The number of amides is 3. The number of aromatic nitrogens is 2. The number of hydrogen-bond acceptors (Lipinski definition) is 10. The van der Waals surface area contributed by atoms with Gasteiger partial charge in [-0.2, -0.15) is 5.26 Å². The van der Waals surface area contributed by atoms with E-state index in [0.29, 0.717) is 50.0 Å². The summed E-state index contributed by atoms with van der Waals surface area (Å²) in [5, 5.41) is 12.4. The third-order valence-electron chi connectivity index (χ3n) is 7.80. The number of fused-ring (bicyclic) bond motifs is 1. The van der Waals surface area contributed by atoms with Crippen LogP contribution in [0.25, 0.3) is 0 Å². The van der Waals surface area contributed by atoms with E-state index in [1.165, 1.54) is 20.4 Å². The molecule has 2 aliphatic heterocycles. The first-order chi connectivity index (χ1) is 20.3. The molecule has 0 bridgehead atoms. The van der Waals surface area contributed by atoms with Gasteiger partial charge in [-0.3, -0.25) is 19.9 Å². The van der Waals surface area contributed by atoms with E-state index >= 15 is 0 Å². The summed E-state index contributed by atoms with van der Waals surface area (Å²) in [5.74, 6) is 1.16. The van der Waals surface area contributed by atoms with E-state index in [0.717, 1.165) is 43.4 Å². The Hall–Kier alpha value is -3.83. The second kappa shape index (κ2) is 12.6. The molecule has 1 N–H and O–H groups in total. The third-order valence-corrected chi connectivity index (χ3v) is 7.80. The van der Waals surface area contributed by atoms with Crippen LogP contribution < -0.4 is 15.0 Å². The molecule has 0 aromatic carbocycles. The predicted molar refractivity (Wildman–Crippen MR) is 152 cm³/mol. The predicted octanol–water partition coefficient (Wildman–Crippen LogP) is 2.46. The molecule has 1 saturated carbocycles. The van der Waals surface area contributed by atoms with Gasteiger partial charge in [-0.1, -0.05) is 0 Å². The number of nitriles is 1. The highest BCUT2D eigenvalue weighted by molar-refractivity contribution is 6.01. The molecule has 0 atom stereocenters. The summed E-state index contributed by atoms with van der Waals surface area (Å²) in [4.78, 5) is 40.8. The normalized spacial score (nSPS) is 18.0. The van der Waals surface area contributed by atoms with Crippen LogP contribution in [0.4, 0.5) is 16.4 Å². The number of anilines is 2. The monoisotopic (exact) mass is 579 g/mol. The first-order valence-corrected chi connectivity index (χ1v) is 14.0. The van der Waals surface area contributed by atoms with Crippen LogP contribution in [0.1, 0.15) is 47.9 Å². The van der Waals surface area contributed by atoms with Crippen molar-refractivity contribution in [1.29, 1.82) is 5.26 Å². The smallest absolute Gasteiger partial charge is 0.328 e. The Balaban J connectivity index is 1.40. The van der Waals surface area contributed by atoms with E-state index in [4.69, 9.17) is 23.9 Å². The van der Waals surface area contributed by atoms with Crippen LogP contribution >= 0.6 is 0 Å². The number of aryl methyl sites for hydroxylation is 1. The number of likely N-dealkylation sites (N-methyl/N-ethyl adjacent to an activating group) is 1. The number of ether oxygens (including phenoxy) is 4. The summed E-state index contributed by atoms with van der Waals surface area (Å²) < 4.78 is 22.5. The molecule has 13 heteroatoms. The van der Waals surface area contributed by atoms with E-state index in [1.54, 1.807) is 18.1 Å². The lowest BCUT2D eigenvalue weighted by atomic mass is 10.0. The van der Waals surface area contributed by atoms with E-state index in [1.807, 2.05) is 22.9 Å². The highest BCUT2D eigenvalue weighted by Crippen LogP contribution is 2.41. The lowest BCUT2D eigenvalue weighted by Gasteiger charge is -2.34. The van der Waals surface area contributed by atoms with Crippen molar-refractivity contribution in [2.45, 2.75) is 44.1 Å². The van der Waals surface area contributed by atoms with E-state index in [9.17, 15) is 14.9 Å². The van der Waals surface area contributed by atoms with Crippen molar-refractivity contribution in [2.75, 3.05) is 71.4 Å². The van der Waals surface area contributed by atoms with Gasteiger partial charge >= 0.3 is 6.03 Å². The molecule has 42 heavy (non-hydrogen) atoms. The number of nitrogens with one attached hydrogen (secondary N) is 1. The number of methoxy groups -OCH3 is 3. The maximum Gasteiger partial charge on any atom is 0.328 e. The summed E-state index contributed by atoms with van der Waals surface area (Å²) in [6, 6.07) is 5.26. The van der Waals surface area contributed by atoms with Crippen molar-refractivity contribution >= 4 is 23.6 Å². The second-order valence-corrected chi connectivity index (χ2v) is 11.0. The maximum absolute atomic E-state index is 13.6. The van der Waals surface area contributed by atoms with Crippen molar-refractivity contribution < 1.29 is 28.5 Å².